The topological polar surface area (TPSA) is 17.1 Å². The van der Waals surface area contributed by atoms with Crippen molar-refractivity contribution >= 4 is 5.78 Å². The lowest BCUT2D eigenvalue weighted by molar-refractivity contribution is -0.116. The third-order valence-electron chi connectivity index (χ3n) is 6.81. The van der Waals surface area contributed by atoms with Crippen molar-refractivity contribution in [1.29, 1.82) is 0 Å². The van der Waals surface area contributed by atoms with E-state index in [1.165, 1.54) is 27.9 Å². The molecule has 0 aromatic carbocycles. The summed E-state index contributed by atoms with van der Waals surface area (Å²) in [5.41, 5.74) is 9.36. The molecule has 1 rings (SSSR count). The highest BCUT2D eigenvalue weighted by molar-refractivity contribution is 5.97. The molecule has 0 aromatic rings. The lowest BCUT2D eigenvalue weighted by Crippen LogP contribution is -2.24. The maximum atomic E-state index is 12.1. The van der Waals surface area contributed by atoms with Gasteiger partial charge in [0.15, 0.2) is 5.78 Å². The Labute approximate surface area is 251 Å². The van der Waals surface area contributed by atoms with E-state index in [0.29, 0.717) is 6.42 Å². The Bertz CT molecular complexity index is 1300. The number of allylic oxidation sites excluding steroid dienone is 26. The monoisotopic (exact) mass is 548 g/mol. The highest BCUT2D eigenvalue weighted by Crippen LogP contribution is 2.39. The van der Waals surface area contributed by atoms with Crippen LogP contribution in [0.25, 0.3) is 0 Å². The molecule has 218 valence electrons. The van der Waals surface area contributed by atoms with Crippen LogP contribution in [0.3, 0.4) is 0 Å². The minimum absolute atomic E-state index is 0.0476. The molecule has 0 atom stereocenters. The van der Waals surface area contributed by atoms with Crippen LogP contribution in [0.2, 0.25) is 0 Å². The van der Waals surface area contributed by atoms with Crippen molar-refractivity contribution in [2.75, 3.05) is 0 Å². The van der Waals surface area contributed by atoms with E-state index in [1.54, 1.807) is 0 Å². The third-order valence-corrected chi connectivity index (χ3v) is 6.81. The number of hydrogen-bond donors (Lipinski definition) is 0. The van der Waals surface area contributed by atoms with Crippen molar-refractivity contribution < 1.29 is 4.79 Å². The maximum Gasteiger partial charge on any atom is 0.158 e. The van der Waals surface area contributed by atoms with E-state index in [2.05, 4.69) is 172 Å². The second kappa shape index (κ2) is 18.6. The lowest BCUT2D eigenvalue weighted by atomic mass is 9.72. The number of rotatable bonds is 12. The van der Waals surface area contributed by atoms with Crippen LogP contribution >= 0.6 is 0 Å². The maximum absolute atomic E-state index is 12.1. The van der Waals surface area contributed by atoms with Gasteiger partial charge in [-0.2, -0.15) is 0 Å². The molecule has 1 aliphatic carbocycles. The molecule has 0 spiro atoms. The normalized spacial score (nSPS) is 18.6. The molecule has 0 saturated heterocycles. The minimum Gasteiger partial charge on any atom is -0.295 e. The minimum atomic E-state index is 0.0476. The quantitative estimate of drug-likeness (QED) is 0.222. The van der Waals surface area contributed by atoms with Gasteiger partial charge in [-0.1, -0.05) is 157 Å². The van der Waals surface area contributed by atoms with E-state index in [0.717, 1.165) is 23.1 Å². The lowest BCUT2D eigenvalue weighted by Gasteiger charge is -2.32. The molecule has 41 heavy (non-hydrogen) atoms. The third kappa shape index (κ3) is 15.6. The molecule has 0 radical (unpaired) electrons. The summed E-state index contributed by atoms with van der Waals surface area (Å²) in [4.78, 5) is 12.1. The van der Waals surface area contributed by atoms with Gasteiger partial charge in [-0.15, -0.1) is 0 Å². The number of carbonyl (C=O) groups is 1. The highest BCUT2D eigenvalue weighted by atomic mass is 16.1. The van der Waals surface area contributed by atoms with Gasteiger partial charge < -0.3 is 0 Å². The predicted octanol–water partition coefficient (Wildman–Crippen LogP) is 11.7. The molecule has 0 unspecified atom stereocenters. The van der Waals surface area contributed by atoms with Gasteiger partial charge in [0, 0.05) is 6.42 Å². The molecule has 1 nitrogen and oxygen atoms in total. The predicted molar refractivity (Wildman–Crippen MR) is 184 cm³/mol. The molecular formula is C40H52O. The molecule has 0 fully saturated rings. The summed E-state index contributed by atoms with van der Waals surface area (Å²) >= 11 is 0. The highest BCUT2D eigenvalue weighted by Gasteiger charge is 2.30. The number of Topliss-reactive ketones (excluding diaryl/α,β-unsaturated/α-hetero) is 1. The van der Waals surface area contributed by atoms with Crippen molar-refractivity contribution in [2.45, 2.75) is 82.1 Å². The zero-order valence-corrected chi connectivity index (χ0v) is 27.2. The standard InChI is InChI=1S/C40H52O/c1-31(2)17-13-20-34(5)23-15-25-35(6)24-14-21-32(3)18-11-12-19-33(4)22-16-26-36(7)27-28-38-37(8)39(41)29-30-40(38,9)10/h11-28H,29-30H2,1-10H3. The summed E-state index contributed by atoms with van der Waals surface area (Å²) in [5.74, 6) is 0.276. The van der Waals surface area contributed by atoms with E-state index < -0.39 is 0 Å². The first kappa shape index (κ1) is 35.3. The first-order valence-corrected chi connectivity index (χ1v) is 14.6. The van der Waals surface area contributed by atoms with Crippen LogP contribution in [-0.2, 0) is 4.79 Å². The van der Waals surface area contributed by atoms with Gasteiger partial charge in [0.2, 0.25) is 0 Å². The average molecular weight is 549 g/mol. The van der Waals surface area contributed by atoms with Crippen molar-refractivity contribution in [2.24, 2.45) is 5.41 Å². The van der Waals surface area contributed by atoms with Crippen molar-refractivity contribution in [3.8, 4) is 0 Å². The van der Waals surface area contributed by atoms with Gasteiger partial charge >= 0.3 is 0 Å². The van der Waals surface area contributed by atoms with E-state index in [1.807, 2.05) is 6.92 Å². The Hall–Kier alpha value is -3.71. The van der Waals surface area contributed by atoms with Gasteiger partial charge in [0.25, 0.3) is 0 Å². The zero-order valence-electron chi connectivity index (χ0n) is 27.2. The summed E-state index contributed by atoms with van der Waals surface area (Å²) in [6, 6.07) is 0. The summed E-state index contributed by atoms with van der Waals surface area (Å²) < 4.78 is 0. The van der Waals surface area contributed by atoms with Gasteiger partial charge in [0.1, 0.15) is 0 Å². The van der Waals surface area contributed by atoms with Crippen molar-refractivity contribution in [3.05, 3.63) is 154 Å². The van der Waals surface area contributed by atoms with Crippen LogP contribution in [-0.4, -0.2) is 5.78 Å². The SMILES string of the molecule is CC(C)=CC=CC(C)=CC=CC(C)=CC=CC(C)=CC=CC=C(C)C=CC=C(C)C=CC1=C(C)C(=O)CCC1(C)C. The molecule has 0 N–H and O–H groups in total. The van der Waals surface area contributed by atoms with Crippen LogP contribution in [0.1, 0.15) is 82.1 Å². The zero-order chi connectivity index (χ0) is 30.8. The Kier molecular flexibility index (Phi) is 16.0. The van der Waals surface area contributed by atoms with E-state index in [9.17, 15) is 4.79 Å². The summed E-state index contributed by atoms with van der Waals surface area (Å²) in [6.45, 7) is 21.1. The molecule has 0 saturated carbocycles. The molecule has 0 bridgehead atoms. The summed E-state index contributed by atoms with van der Waals surface area (Å²) in [6.07, 6.45) is 39.4. The van der Waals surface area contributed by atoms with Gasteiger partial charge in [-0.25, -0.2) is 0 Å². The summed E-state index contributed by atoms with van der Waals surface area (Å²) in [5, 5.41) is 0. The second-order valence-corrected chi connectivity index (χ2v) is 11.8. The first-order valence-electron chi connectivity index (χ1n) is 14.6. The van der Waals surface area contributed by atoms with E-state index in [-0.39, 0.29) is 11.2 Å². The van der Waals surface area contributed by atoms with Crippen molar-refractivity contribution in [3.63, 3.8) is 0 Å². The van der Waals surface area contributed by atoms with Gasteiger partial charge in [0.05, 0.1) is 0 Å². The molecule has 0 aromatic heterocycles. The van der Waals surface area contributed by atoms with E-state index in [4.69, 9.17) is 0 Å². The molecular weight excluding hydrogens is 496 g/mol. The molecule has 1 heteroatoms. The van der Waals surface area contributed by atoms with Gasteiger partial charge in [-0.05, 0) is 78.4 Å². The van der Waals surface area contributed by atoms with Crippen LogP contribution in [0, 0.1) is 5.41 Å². The molecule has 1 aliphatic rings. The average Bonchev–Trinajstić information content (AvgIpc) is 2.88. The van der Waals surface area contributed by atoms with Crippen LogP contribution in [0.4, 0.5) is 0 Å². The smallest absolute Gasteiger partial charge is 0.158 e. The fourth-order valence-electron chi connectivity index (χ4n) is 4.11. The van der Waals surface area contributed by atoms with Crippen molar-refractivity contribution in [1.82, 2.24) is 0 Å². The fraction of sp³-hybridized carbons (Fsp3) is 0.325. The fourth-order valence-corrected chi connectivity index (χ4v) is 4.11. The largest absolute Gasteiger partial charge is 0.295 e. The number of carbonyl (C=O) groups excluding carboxylic acids is 1. The molecule has 0 amide bonds. The van der Waals surface area contributed by atoms with Gasteiger partial charge in [-0.3, -0.25) is 4.79 Å². The molecule has 0 aliphatic heterocycles. The van der Waals surface area contributed by atoms with E-state index >= 15 is 0 Å². The Morgan fingerprint density at radius 1 is 0.561 bits per heavy atom. The first-order chi connectivity index (χ1) is 19.3. The van der Waals surface area contributed by atoms with Crippen LogP contribution < -0.4 is 0 Å². The second-order valence-electron chi connectivity index (χ2n) is 11.8. The Morgan fingerprint density at radius 3 is 1.34 bits per heavy atom. The number of hydrogen-bond acceptors (Lipinski definition) is 1. The summed E-state index contributed by atoms with van der Waals surface area (Å²) in [7, 11) is 0. The molecule has 0 heterocycles. The van der Waals surface area contributed by atoms with Crippen LogP contribution in [0.5, 0.6) is 0 Å². The van der Waals surface area contributed by atoms with Crippen LogP contribution in [0.15, 0.2) is 154 Å². The Balaban J connectivity index is 2.65. The number of ketones is 1. The Morgan fingerprint density at radius 2 is 0.927 bits per heavy atom.